The highest BCUT2D eigenvalue weighted by Crippen LogP contribution is 2.29. The average molecular weight is 458 g/mol. The number of carbonyl (C=O) groups excluding carboxylic acids is 1. The number of nitrogens with one attached hydrogen (secondary N) is 1. The van der Waals surface area contributed by atoms with Crippen LogP contribution in [0.15, 0.2) is 72.8 Å². The smallest absolute Gasteiger partial charge is 0.220 e. The molecule has 0 unspecified atom stereocenters. The fraction of sp³-hybridized carbons (Fsp3) is 0.345. The molecule has 0 spiro atoms. The zero-order valence-electron chi connectivity index (χ0n) is 20.5. The van der Waals surface area contributed by atoms with Gasteiger partial charge in [0.15, 0.2) is 0 Å². The molecule has 0 fully saturated rings. The van der Waals surface area contributed by atoms with Gasteiger partial charge in [-0.25, -0.2) is 0 Å². The number of hydrogen-bond acceptors (Lipinski definition) is 4. The monoisotopic (exact) mass is 457 g/mol. The molecule has 0 aliphatic carbocycles. The van der Waals surface area contributed by atoms with Crippen molar-refractivity contribution in [2.75, 3.05) is 39.2 Å². The summed E-state index contributed by atoms with van der Waals surface area (Å²) in [4.78, 5) is 17.3. The summed E-state index contributed by atoms with van der Waals surface area (Å²) >= 11 is 0. The molecule has 1 aliphatic heterocycles. The molecule has 178 valence electrons. The number of nitrogens with zero attached hydrogens (tertiary/aromatic N) is 2. The van der Waals surface area contributed by atoms with Gasteiger partial charge in [0.1, 0.15) is 5.75 Å². The molecule has 3 aromatic rings. The van der Waals surface area contributed by atoms with Crippen molar-refractivity contribution in [2.24, 2.45) is 0 Å². The number of fused-ring (bicyclic) bond motifs is 1. The van der Waals surface area contributed by atoms with E-state index in [1.54, 1.807) is 7.11 Å². The van der Waals surface area contributed by atoms with Crippen molar-refractivity contribution < 1.29 is 9.53 Å². The molecule has 4 rings (SSSR count). The molecule has 3 aromatic carbocycles. The Labute approximate surface area is 203 Å². The number of carbonyl (C=O) groups is 1. The Morgan fingerprint density at radius 2 is 1.71 bits per heavy atom. The first-order chi connectivity index (χ1) is 16.5. The van der Waals surface area contributed by atoms with Gasteiger partial charge in [-0.05, 0) is 59.4 Å². The van der Waals surface area contributed by atoms with Crippen LogP contribution in [0.2, 0.25) is 0 Å². The first-order valence-corrected chi connectivity index (χ1v) is 12.0. The van der Waals surface area contributed by atoms with Crippen molar-refractivity contribution in [3.63, 3.8) is 0 Å². The quantitative estimate of drug-likeness (QED) is 0.510. The van der Waals surface area contributed by atoms with Crippen LogP contribution in [0, 0.1) is 0 Å². The first-order valence-electron chi connectivity index (χ1n) is 12.0. The summed E-state index contributed by atoms with van der Waals surface area (Å²) in [7, 11) is 5.77. The molecule has 0 saturated heterocycles. The van der Waals surface area contributed by atoms with Crippen LogP contribution in [0.1, 0.15) is 34.7 Å². The maximum absolute atomic E-state index is 12.7. The predicted molar refractivity (Wildman–Crippen MR) is 138 cm³/mol. The van der Waals surface area contributed by atoms with E-state index in [4.69, 9.17) is 4.74 Å². The Morgan fingerprint density at radius 1 is 1.00 bits per heavy atom. The van der Waals surface area contributed by atoms with Crippen LogP contribution < -0.4 is 15.0 Å². The Morgan fingerprint density at radius 3 is 2.38 bits per heavy atom. The zero-order chi connectivity index (χ0) is 23.9. The number of anilines is 1. The lowest BCUT2D eigenvalue weighted by atomic mass is 9.96. The van der Waals surface area contributed by atoms with E-state index in [2.05, 4.69) is 77.7 Å². The van der Waals surface area contributed by atoms with E-state index in [1.807, 2.05) is 24.3 Å². The largest absolute Gasteiger partial charge is 0.497 e. The Balaban J connectivity index is 1.43. The highest BCUT2D eigenvalue weighted by atomic mass is 16.5. The van der Waals surface area contributed by atoms with Crippen molar-refractivity contribution >= 4 is 11.6 Å². The van der Waals surface area contributed by atoms with Crippen LogP contribution >= 0.6 is 0 Å². The molecular weight excluding hydrogens is 422 g/mol. The number of hydrogen-bond donors (Lipinski definition) is 1. The third-order valence-corrected chi connectivity index (χ3v) is 6.69. The second kappa shape index (κ2) is 11.2. The number of amides is 1. The van der Waals surface area contributed by atoms with Crippen LogP contribution in [0.4, 0.5) is 5.69 Å². The summed E-state index contributed by atoms with van der Waals surface area (Å²) in [6.07, 6.45) is 2.23. The lowest BCUT2D eigenvalue weighted by Gasteiger charge is -2.36. The van der Waals surface area contributed by atoms with Crippen molar-refractivity contribution in [1.82, 2.24) is 10.2 Å². The van der Waals surface area contributed by atoms with Gasteiger partial charge in [0.05, 0.1) is 13.2 Å². The summed E-state index contributed by atoms with van der Waals surface area (Å²) in [6, 6.07) is 25.5. The normalized spacial score (nSPS) is 14.2. The van der Waals surface area contributed by atoms with Gasteiger partial charge in [0.25, 0.3) is 0 Å². The summed E-state index contributed by atoms with van der Waals surface area (Å²) in [5, 5.41) is 3.22. The molecule has 0 bridgehead atoms. The molecule has 1 atom stereocenters. The van der Waals surface area contributed by atoms with E-state index in [1.165, 1.54) is 22.4 Å². The van der Waals surface area contributed by atoms with Gasteiger partial charge in [-0.15, -0.1) is 0 Å². The predicted octanol–water partition coefficient (Wildman–Crippen LogP) is 4.61. The van der Waals surface area contributed by atoms with Gasteiger partial charge in [-0.2, -0.15) is 0 Å². The van der Waals surface area contributed by atoms with Crippen molar-refractivity contribution in [3.8, 4) is 5.75 Å². The molecule has 0 radical (unpaired) electrons. The van der Waals surface area contributed by atoms with Crippen molar-refractivity contribution in [1.29, 1.82) is 0 Å². The molecule has 5 heteroatoms. The highest BCUT2D eigenvalue weighted by molar-refractivity contribution is 5.76. The van der Waals surface area contributed by atoms with Crippen LogP contribution in [-0.4, -0.2) is 45.1 Å². The SMILES string of the molecule is COc1ccc(CCC(=O)NC[C@@H](c2ccc(N(C)C)cc2)N2CCc3ccccc3C2)cc1. The molecule has 1 heterocycles. The van der Waals surface area contributed by atoms with Crippen molar-refractivity contribution in [2.45, 2.75) is 31.8 Å². The fourth-order valence-electron chi connectivity index (χ4n) is 4.58. The van der Waals surface area contributed by atoms with E-state index in [0.717, 1.165) is 37.2 Å². The topological polar surface area (TPSA) is 44.8 Å². The zero-order valence-corrected chi connectivity index (χ0v) is 20.5. The molecular formula is C29H35N3O2. The number of rotatable bonds is 9. The van der Waals surface area contributed by atoms with E-state index < -0.39 is 0 Å². The van der Waals surface area contributed by atoms with Gasteiger partial charge >= 0.3 is 0 Å². The third-order valence-electron chi connectivity index (χ3n) is 6.69. The summed E-state index contributed by atoms with van der Waals surface area (Å²) in [5.41, 5.74) is 6.37. The molecule has 1 amide bonds. The molecule has 34 heavy (non-hydrogen) atoms. The van der Waals surface area contributed by atoms with Gasteiger partial charge < -0.3 is 15.0 Å². The van der Waals surface area contributed by atoms with Crippen LogP contribution in [0.5, 0.6) is 5.75 Å². The van der Waals surface area contributed by atoms with Crippen molar-refractivity contribution in [3.05, 3.63) is 95.1 Å². The van der Waals surface area contributed by atoms with Gasteiger partial charge in [-0.1, -0.05) is 48.5 Å². The Kier molecular flexibility index (Phi) is 7.86. The van der Waals surface area contributed by atoms with E-state index in [-0.39, 0.29) is 11.9 Å². The second-order valence-electron chi connectivity index (χ2n) is 9.14. The maximum atomic E-state index is 12.7. The Hall–Kier alpha value is -3.31. The minimum absolute atomic E-state index is 0.0862. The average Bonchev–Trinajstić information content (AvgIpc) is 2.88. The number of ether oxygens (including phenoxy) is 1. The number of methoxy groups -OCH3 is 1. The highest BCUT2D eigenvalue weighted by Gasteiger charge is 2.25. The number of aryl methyl sites for hydroxylation is 1. The number of benzene rings is 3. The summed E-state index contributed by atoms with van der Waals surface area (Å²) in [6.45, 7) is 2.49. The molecule has 0 aromatic heterocycles. The standard InChI is InChI=1S/C29H35N3O2/c1-31(2)26-13-11-24(12-14-26)28(32-19-18-23-6-4-5-7-25(23)21-32)20-30-29(33)17-10-22-8-15-27(34-3)16-9-22/h4-9,11-16,28H,10,17-21H2,1-3H3,(H,30,33)/t28-/m0/s1. The molecule has 1 aliphatic rings. The van der Waals surface area contributed by atoms with Crippen LogP contribution in [-0.2, 0) is 24.2 Å². The Bertz CT molecular complexity index is 1080. The lowest BCUT2D eigenvalue weighted by molar-refractivity contribution is -0.121. The van der Waals surface area contributed by atoms with E-state index in [0.29, 0.717) is 13.0 Å². The van der Waals surface area contributed by atoms with Gasteiger partial charge in [0.2, 0.25) is 5.91 Å². The summed E-state index contributed by atoms with van der Waals surface area (Å²) in [5.74, 6) is 0.919. The van der Waals surface area contributed by atoms with Crippen LogP contribution in [0.3, 0.4) is 0 Å². The maximum Gasteiger partial charge on any atom is 0.220 e. The molecule has 1 N–H and O–H groups in total. The van der Waals surface area contributed by atoms with E-state index >= 15 is 0 Å². The minimum atomic E-state index is 0.0862. The summed E-state index contributed by atoms with van der Waals surface area (Å²) < 4.78 is 5.22. The lowest BCUT2D eigenvalue weighted by Crippen LogP contribution is -2.40. The van der Waals surface area contributed by atoms with Gasteiger partial charge in [0, 0.05) is 45.8 Å². The van der Waals surface area contributed by atoms with E-state index in [9.17, 15) is 4.79 Å². The fourth-order valence-corrected chi connectivity index (χ4v) is 4.58. The molecule has 5 nitrogen and oxygen atoms in total. The molecule has 0 saturated carbocycles. The minimum Gasteiger partial charge on any atom is -0.497 e. The van der Waals surface area contributed by atoms with Crippen LogP contribution in [0.25, 0.3) is 0 Å². The first kappa shape index (κ1) is 23.8. The second-order valence-corrected chi connectivity index (χ2v) is 9.14. The van der Waals surface area contributed by atoms with Gasteiger partial charge in [-0.3, -0.25) is 9.69 Å². The third kappa shape index (κ3) is 5.97.